The van der Waals surface area contributed by atoms with Crippen molar-refractivity contribution in [3.8, 4) is 0 Å². The van der Waals surface area contributed by atoms with Crippen molar-refractivity contribution in [1.82, 2.24) is 4.90 Å². The molecule has 0 unspecified atom stereocenters. The van der Waals surface area contributed by atoms with Gasteiger partial charge in [0.15, 0.2) is 0 Å². The molecular weight excluding hydrogens is 98.1 g/mol. The third kappa shape index (κ3) is 2.31. The molecule has 0 aromatic rings. The lowest BCUT2D eigenvalue weighted by molar-refractivity contribution is 0.277. The van der Waals surface area contributed by atoms with E-state index in [1.165, 1.54) is 32.4 Å². The molecule has 1 heteroatoms. The van der Waals surface area contributed by atoms with Gasteiger partial charge in [0.05, 0.1) is 0 Å². The Labute approximate surface area is 52.7 Å². The molecule has 0 aliphatic carbocycles. The van der Waals surface area contributed by atoms with E-state index in [-0.39, 0.29) is 7.43 Å². The fourth-order valence-electron chi connectivity index (χ4n) is 1.05. The van der Waals surface area contributed by atoms with Gasteiger partial charge in [0.1, 0.15) is 0 Å². The molecule has 0 N–H and O–H groups in total. The van der Waals surface area contributed by atoms with Gasteiger partial charge in [0.25, 0.3) is 0 Å². The third-order valence-corrected chi connectivity index (χ3v) is 1.58. The van der Waals surface area contributed by atoms with Crippen molar-refractivity contribution in [3.05, 3.63) is 0 Å². The zero-order valence-corrected chi connectivity index (χ0v) is 4.98. The minimum absolute atomic E-state index is 0. The molecule has 1 aliphatic rings. The normalized spacial score (nSPS) is 22.1. The summed E-state index contributed by atoms with van der Waals surface area (Å²) in [6, 6.07) is 0. The fourth-order valence-corrected chi connectivity index (χ4v) is 1.05. The molecule has 8 heavy (non-hydrogen) atoms. The summed E-state index contributed by atoms with van der Waals surface area (Å²) in [7, 11) is 2.19. The van der Waals surface area contributed by atoms with Crippen molar-refractivity contribution in [2.24, 2.45) is 0 Å². The molecule has 1 saturated heterocycles. The standard InChI is InChI=1S/C6H13N.CH4/c1-7-5-3-2-4-6-7;/h2-6H2,1H3;1H4. The minimum atomic E-state index is 0. The van der Waals surface area contributed by atoms with E-state index in [4.69, 9.17) is 0 Å². The van der Waals surface area contributed by atoms with Crippen LogP contribution in [0.2, 0.25) is 0 Å². The number of nitrogens with zero attached hydrogens (tertiary/aromatic N) is 1. The molecular formula is C7H17N. The Hall–Kier alpha value is -0.0400. The number of hydrogen-bond donors (Lipinski definition) is 0. The minimum Gasteiger partial charge on any atom is -0.306 e. The van der Waals surface area contributed by atoms with Gasteiger partial charge >= 0.3 is 0 Å². The molecule has 50 valence electrons. The maximum absolute atomic E-state index is 2.39. The van der Waals surface area contributed by atoms with Gasteiger partial charge in [0, 0.05) is 0 Å². The predicted molar refractivity (Wildman–Crippen MR) is 38.1 cm³/mol. The van der Waals surface area contributed by atoms with E-state index in [9.17, 15) is 0 Å². The number of hydrogen-bond acceptors (Lipinski definition) is 1. The second kappa shape index (κ2) is 3.90. The van der Waals surface area contributed by atoms with Crippen LogP contribution in [0.4, 0.5) is 0 Å². The average molecular weight is 115 g/mol. The zero-order valence-electron chi connectivity index (χ0n) is 4.98. The first-order chi connectivity index (χ1) is 3.39. The predicted octanol–water partition coefficient (Wildman–Crippen LogP) is 1.74. The van der Waals surface area contributed by atoms with E-state index in [0.29, 0.717) is 0 Å². The molecule has 0 amide bonds. The van der Waals surface area contributed by atoms with Crippen LogP contribution < -0.4 is 0 Å². The summed E-state index contributed by atoms with van der Waals surface area (Å²) in [6.07, 6.45) is 4.28. The van der Waals surface area contributed by atoms with Gasteiger partial charge in [0.2, 0.25) is 0 Å². The van der Waals surface area contributed by atoms with E-state index in [2.05, 4.69) is 11.9 Å². The first kappa shape index (κ1) is 7.96. The largest absolute Gasteiger partial charge is 0.306 e. The fraction of sp³-hybridized carbons (Fsp3) is 1.00. The van der Waals surface area contributed by atoms with Crippen LogP contribution in [0.1, 0.15) is 26.7 Å². The second-order valence-corrected chi connectivity index (χ2v) is 2.36. The van der Waals surface area contributed by atoms with Crippen LogP contribution in [-0.4, -0.2) is 25.0 Å². The molecule has 0 atom stereocenters. The topological polar surface area (TPSA) is 3.24 Å². The summed E-state index contributed by atoms with van der Waals surface area (Å²) in [5, 5.41) is 0. The van der Waals surface area contributed by atoms with Crippen LogP contribution in [0.5, 0.6) is 0 Å². The smallest absolute Gasteiger partial charge is 0.00218 e. The Morgan fingerprint density at radius 2 is 1.50 bits per heavy atom. The number of rotatable bonds is 0. The Bertz CT molecular complexity index is 46.3. The molecule has 0 radical (unpaired) electrons. The van der Waals surface area contributed by atoms with Crippen LogP contribution in [0.15, 0.2) is 0 Å². The molecule has 1 fully saturated rings. The molecule has 1 nitrogen and oxygen atoms in total. The SMILES string of the molecule is C.CN1CCCCC1. The molecule has 0 aromatic carbocycles. The van der Waals surface area contributed by atoms with E-state index in [1.54, 1.807) is 0 Å². The quantitative estimate of drug-likeness (QED) is 0.465. The maximum Gasteiger partial charge on any atom is -0.00218 e. The van der Waals surface area contributed by atoms with Crippen LogP contribution in [0, 0.1) is 0 Å². The number of likely N-dealkylation sites (tertiary alicyclic amines) is 1. The maximum atomic E-state index is 2.39. The molecule has 1 aliphatic heterocycles. The van der Waals surface area contributed by atoms with E-state index in [1.807, 2.05) is 0 Å². The van der Waals surface area contributed by atoms with Crippen LogP contribution in [-0.2, 0) is 0 Å². The molecule has 0 spiro atoms. The van der Waals surface area contributed by atoms with Crippen LogP contribution in [0.25, 0.3) is 0 Å². The van der Waals surface area contributed by atoms with Gasteiger partial charge < -0.3 is 4.90 Å². The molecule has 0 saturated carbocycles. The summed E-state index contributed by atoms with van der Waals surface area (Å²) >= 11 is 0. The first-order valence-electron chi connectivity index (χ1n) is 3.08. The van der Waals surface area contributed by atoms with E-state index >= 15 is 0 Å². The molecule has 0 aromatic heterocycles. The van der Waals surface area contributed by atoms with Gasteiger partial charge in [-0.3, -0.25) is 0 Å². The van der Waals surface area contributed by atoms with E-state index in [0.717, 1.165) is 0 Å². The monoisotopic (exact) mass is 115 g/mol. The van der Waals surface area contributed by atoms with Crippen molar-refractivity contribution in [2.45, 2.75) is 26.7 Å². The lowest BCUT2D eigenvalue weighted by atomic mass is 10.1. The van der Waals surface area contributed by atoms with Gasteiger partial charge in [-0.1, -0.05) is 13.8 Å². The van der Waals surface area contributed by atoms with Gasteiger partial charge in [-0.2, -0.15) is 0 Å². The lowest BCUT2D eigenvalue weighted by Crippen LogP contribution is -2.24. The Morgan fingerprint density at radius 3 is 1.75 bits per heavy atom. The van der Waals surface area contributed by atoms with Crippen molar-refractivity contribution >= 4 is 0 Å². The van der Waals surface area contributed by atoms with Crippen molar-refractivity contribution in [2.75, 3.05) is 20.1 Å². The highest BCUT2D eigenvalue weighted by Crippen LogP contribution is 2.04. The zero-order chi connectivity index (χ0) is 5.11. The molecule has 1 rings (SSSR count). The number of piperidine rings is 1. The Balaban J connectivity index is 0.000000490. The molecule has 1 heterocycles. The highest BCUT2D eigenvalue weighted by atomic mass is 15.1. The van der Waals surface area contributed by atoms with Crippen LogP contribution >= 0.6 is 0 Å². The van der Waals surface area contributed by atoms with E-state index < -0.39 is 0 Å². The van der Waals surface area contributed by atoms with Crippen LogP contribution in [0.3, 0.4) is 0 Å². The van der Waals surface area contributed by atoms with Gasteiger partial charge in [-0.15, -0.1) is 0 Å². The summed E-state index contributed by atoms with van der Waals surface area (Å²) < 4.78 is 0. The summed E-state index contributed by atoms with van der Waals surface area (Å²) in [5.41, 5.74) is 0. The highest BCUT2D eigenvalue weighted by Gasteiger charge is 2.02. The average Bonchev–Trinajstić information content (AvgIpc) is 1.69. The van der Waals surface area contributed by atoms with Crippen molar-refractivity contribution in [3.63, 3.8) is 0 Å². The highest BCUT2D eigenvalue weighted by molar-refractivity contribution is 4.58. The van der Waals surface area contributed by atoms with Gasteiger partial charge in [-0.05, 0) is 33.0 Å². The summed E-state index contributed by atoms with van der Waals surface area (Å²) in [6.45, 7) is 2.64. The summed E-state index contributed by atoms with van der Waals surface area (Å²) in [4.78, 5) is 2.39. The Morgan fingerprint density at radius 1 is 1.00 bits per heavy atom. The first-order valence-corrected chi connectivity index (χ1v) is 3.08. The third-order valence-electron chi connectivity index (χ3n) is 1.58. The van der Waals surface area contributed by atoms with Gasteiger partial charge in [-0.25, -0.2) is 0 Å². The Kier molecular flexibility index (Phi) is 3.88. The second-order valence-electron chi connectivity index (χ2n) is 2.36. The van der Waals surface area contributed by atoms with Crippen molar-refractivity contribution in [1.29, 1.82) is 0 Å². The molecule has 0 bridgehead atoms. The summed E-state index contributed by atoms with van der Waals surface area (Å²) in [5.74, 6) is 0. The lowest BCUT2D eigenvalue weighted by Gasteiger charge is -2.20. The van der Waals surface area contributed by atoms with Crippen molar-refractivity contribution < 1.29 is 0 Å².